The van der Waals surface area contributed by atoms with Crippen molar-refractivity contribution in [2.45, 2.75) is 26.5 Å². The van der Waals surface area contributed by atoms with Crippen molar-refractivity contribution in [2.24, 2.45) is 10.8 Å². The third kappa shape index (κ3) is 1.66. The summed E-state index contributed by atoms with van der Waals surface area (Å²) in [6, 6.07) is 0. The molecule has 0 radical (unpaired) electrons. The summed E-state index contributed by atoms with van der Waals surface area (Å²) in [7, 11) is 2.03. The number of likely N-dealkylation sites (tertiary alicyclic amines) is 1. The van der Waals surface area contributed by atoms with Crippen molar-refractivity contribution >= 4 is 12.7 Å². The Balaban J connectivity index is 2.21. The molecular formula is C12H19BN2O2. The number of hydrogen-bond acceptors (Lipinski definition) is 4. The van der Waals surface area contributed by atoms with E-state index >= 15 is 0 Å². The highest BCUT2D eigenvalue weighted by molar-refractivity contribution is 6.70. The fourth-order valence-electron chi connectivity index (χ4n) is 3.58. The molecule has 0 aromatic rings. The van der Waals surface area contributed by atoms with Crippen LogP contribution in [0.2, 0.25) is 12.6 Å². The maximum absolute atomic E-state index is 12.2. The summed E-state index contributed by atoms with van der Waals surface area (Å²) in [5.74, 6) is 2.21. The number of ether oxygens (including phenoxy) is 1. The number of carbonyl (C=O) groups is 1. The van der Waals surface area contributed by atoms with Crippen LogP contribution in [0.25, 0.3) is 0 Å². The molecule has 0 aromatic carbocycles. The first-order chi connectivity index (χ1) is 7.97. The zero-order valence-electron chi connectivity index (χ0n) is 10.8. The van der Waals surface area contributed by atoms with Gasteiger partial charge in [0.25, 0.3) is 6.71 Å². The van der Waals surface area contributed by atoms with Gasteiger partial charge in [-0.3, -0.25) is 4.79 Å². The van der Waals surface area contributed by atoms with E-state index < -0.39 is 5.41 Å². The number of nitrogens with zero attached hydrogens (tertiary/aromatic N) is 2. The van der Waals surface area contributed by atoms with Crippen molar-refractivity contribution in [3.63, 3.8) is 0 Å². The highest BCUT2D eigenvalue weighted by atomic mass is 16.5. The van der Waals surface area contributed by atoms with Crippen molar-refractivity contribution in [1.82, 2.24) is 4.90 Å². The van der Waals surface area contributed by atoms with Crippen LogP contribution in [-0.4, -0.2) is 44.3 Å². The molecule has 1 unspecified atom stereocenters. The average Bonchev–Trinajstić information content (AvgIpc) is 2.49. The van der Waals surface area contributed by atoms with Crippen LogP contribution in [0, 0.1) is 22.1 Å². The highest BCUT2D eigenvalue weighted by Gasteiger charge is 2.65. The number of hydrogen-bond donors (Lipinski definition) is 0. The van der Waals surface area contributed by atoms with Crippen LogP contribution < -0.4 is 0 Å². The summed E-state index contributed by atoms with van der Waals surface area (Å²) < 4.78 is 5.23. The molecule has 2 rings (SSSR count). The molecule has 0 bridgehead atoms. The molecule has 0 amide bonds. The molecule has 2 heterocycles. The van der Waals surface area contributed by atoms with Crippen LogP contribution in [-0.2, 0) is 9.53 Å². The van der Waals surface area contributed by atoms with Crippen molar-refractivity contribution in [2.75, 3.05) is 26.7 Å². The van der Waals surface area contributed by atoms with Gasteiger partial charge in [0, 0.05) is 19.1 Å². The maximum atomic E-state index is 12.2. The second-order valence-corrected chi connectivity index (χ2v) is 5.74. The van der Waals surface area contributed by atoms with Gasteiger partial charge in [0.1, 0.15) is 0 Å². The Kier molecular flexibility index (Phi) is 2.95. The Morgan fingerprint density at radius 1 is 1.53 bits per heavy atom. The number of carbonyl (C=O) groups excluding carboxylic acids is 1. The van der Waals surface area contributed by atoms with E-state index in [0.717, 1.165) is 25.7 Å². The van der Waals surface area contributed by atoms with Gasteiger partial charge in [-0.2, -0.15) is 0 Å². The third-order valence-electron chi connectivity index (χ3n) is 4.51. The zero-order valence-corrected chi connectivity index (χ0v) is 10.8. The molecule has 4 nitrogen and oxygen atoms in total. The number of nitriles is 1. The van der Waals surface area contributed by atoms with Crippen molar-refractivity contribution in [1.29, 1.82) is 5.26 Å². The van der Waals surface area contributed by atoms with Gasteiger partial charge in [0.15, 0.2) is 0 Å². The van der Waals surface area contributed by atoms with Crippen molar-refractivity contribution in [3.8, 4) is 5.97 Å². The summed E-state index contributed by atoms with van der Waals surface area (Å²) >= 11 is 0. The zero-order chi connectivity index (χ0) is 12.7. The second-order valence-electron chi connectivity index (χ2n) is 5.74. The molecule has 1 spiro atoms. The molecule has 1 atom stereocenters. The van der Waals surface area contributed by atoms with Gasteiger partial charge in [0.2, 0.25) is 0 Å². The molecule has 2 fully saturated rings. The van der Waals surface area contributed by atoms with E-state index in [0.29, 0.717) is 6.61 Å². The Labute approximate surface area is 103 Å². The van der Waals surface area contributed by atoms with Crippen LogP contribution in [0.1, 0.15) is 13.8 Å². The van der Waals surface area contributed by atoms with Crippen molar-refractivity contribution < 1.29 is 9.53 Å². The van der Waals surface area contributed by atoms with Gasteiger partial charge in [-0.05, 0) is 26.3 Å². The molecule has 5 heteroatoms. The topological polar surface area (TPSA) is 53.3 Å². The Morgan fingerprint density at radius 2 is 2.18 bits per heavy atom. The third-order valence-corrected chi connectivity index (χ3v) is 4.51. The molecule has 0 aromatic heterocycles. The quantitative estimate of drug-likeness (QED) is 0.529. The Morgan fingerprint density at radius 3 is 2.71 bits per heavy atom. The smallest absolute Gasteiger partial charge is 0.313 e. The first-order valence-corrected chi connectivity index (χ1v) is 6.23. The van der Waals surface area contributed by atoms with E-state index in [-0.39, 0.29) is 18.1 Å². The monoisotopic (exact) mass is 234 g/mol. The van der Waals surface area contributed by atoms with E-state index in [9.17, 15) is 4.79 Å². The van der Waals surface area contributed by atoms with Gasteiger partial charge >= 0.3 is 5.97 Å². The lowest BCUT2D eigenvalue weighted by Gasteiger charge is -2.49. The summed E-state index contributed by atoms with van der Waals surface area (Å²) in [6.45, 7) is 6.03. The molecule has 17 heavy (non-hydrogen) atoms. The lowest BCUT2D eigenvalue weighted by molar-refractivity contribution is -0.159. The summed E-state index contributed by atoms with van der Waals surface area (Å²) in [4.78, 5) is 14.4. The molecule has 0 N–H and O–H groups in total. The largest absolute Gasteiger partial charge is 0.466 e. The molecule has 2 saturated heterocycles. The van der Waals surface area contributed by atoms with Crippen LogP contribution in [0.15, 0.2) is 0 Å². The standard InChI is InChI=1S/C12H19BN2O2/c1-4-17-10(16)11(2)7-15(3)8-12(11)5-13(6-12)9-14/h4-8H2,1-3H3. The van der Waals surface area contributed by atoms with Gasteiger partial charge in [-0.15, -0.1) is 0 Å². The molecule has 2 aliphatic heterocycles. The van der Waals surface area contributed by atoms with Crippen LogP contribution in [0.3, 0.4) is 0 Å². The fraction of sp³-hybridized carbons (Fsp3) is 0.833. The molecule has 0 aliphatic carbocycles. The average molecular weight is 234 g/mol. The fourth-order valence-corrected chi connectivity index (χ4v) is 3.58. The lowest BCUT2D eigenvalue weighted by atomic mass is 9.24. The van der Waals surface area contributed by atoms with E-state index in [4.69, 9.17) is 10.00 Å². The molecular weight excluding hydrogens is 215 g/mol. The summed E-state index contributed by atoms with van der Waals surface area (Å²) in [6.07, 6.45) is 1.67. The maximum Gasteiger partial charge on any atom is 0.313 e. The minimum Gasteiger partial charge on any atom is -0.466 e. The second kappa shape index (κ2) is 4.02. The predicted octanol–water partition coefficient (Wildman–Crippen LogP) is 1.06. The van der Waals surface area contributed by atoms with Crippen molar-refractivity contribution in [3.05, 3.63) is 0 Å². The van der Waals surface area contributed by atoms with E-state index in [1.807, 2.05) is 20.9 Å². The normalized spacial score (nSPS) is 31.1. The van der Waals surface area contributed by atoms with E-state index in [1.165, 1.54) is 0 Å². The van der Waals surface area contributed by atoms with Crippen LogP contribution in [0.4, 0.5) is 0 Å². The SMILES string of the molecule is CCOC(=O)C1(C)CN(C)CC12CB(C#N)C2. The van der Waals surface area contributed by atoms with Gasteiger partial charge in [-0.25, -0.2) is 5.26 Å². The lowest BCUT2D eigenvalue weighted by Crippen LogP contribution is -2.55. The van der Waals surface area contributed by atoms with Gasteiger partial charge in [0.05, 0.1) is 12.0 Å². The molecule has 0 saturated carbocycles. The molecule has 2 aliphatic rings. The van der Waals surface area contributed by atoms with E-state index in [2.05, 4.69) is 10.9 Å². The number of esters is 1. The minimum atomic E-state index is -0.439. The molecule has 92 valence electrons. The Bertz CT molecular complexity index is 373. The number of rotatable bonds is 2. The Hall–Kier alpha value is -1.02. The first-order valence-electron chi connectivity index (χ1n) is 6.23. The first kappa shape index (κ1) is 12.4. The predicted molar refractivity (Wildman–Crippen MR) is 65.7 cm³/mol. The minimum absolute atomic E-state index is 0.0333. The van der Waals surface area contributed by atoms with Gasteiger partial charge in [-0.1, -0.05) is 12.6 Å². The highest BCUT2D eigenvalue weighted by Crippen LogP contribution is 2.59. The van der Waals surface area contributed by atoms with E-state index in [1.54, 1.807) is 0 Å². The van der Waals surface area contributed by atoms with Crippen LogP contribution in [0.5, 0.6) is 0 Å². The summed E-state index contributed by atoms with van der Waals surface area (Å²) in [5, 5.41) is 8.93. The van der Waals surface area contributed by atoms with Gasteiger partial charge < -0.3 is 9.64 Å². The summed E-state index contributed by atoms with van der Waals surface area (Å²) in [5.41, 5.74) is -0.473. The van der Waals surface area contributed by atoms with Crippen LogP contribution >= 0.6 is 0 Å².